The monoisotopic (exact) mass is 1100 g/mol. The number of carboxylic acids is 1. The van der Waals surface area contributed by atoms with Crippen molar-refractivity contribution in [2.45, 2.75) is 139 Å². The zero-order valence-corrected chi connectivity index (χ0v) is 43.1. The average molecular weight is 1100 g/mol. The fraction of sp³-hybridized carbons (Fsp3) is 0.617. The highest BCUT2D eigenvalue weighted by Gasteiger charge is 2.41. The number of carbonyl (C=O) groups is 9. The molecule has 1 aromatic carbocycles. The third kappa shape index (κ3) is 23.0. The molecule has 8 atom stereocenters. The van der Waals surface area contributed by atoms with E-state index in [2.05, 4.69) is 42.2 Å². The summed E-state index contributed by atoms with van der Waals surface area (Å²) in [6.07, 6.45) is -3.96. The number of aliphatic hydroxyl groups excluding tert-OH is 1. The van der Waals surface area contributed by atoms with Crippen molar-refractivity contribution in [1.82, 2.24) is 42.1 Å². The maximum atomic E-state index is 14.3. The number of amides is 8. The van der Waals surface area contributed by atoms with Crippen molar-refractivity contribution in [3.8, 4) is 0 Å². The van der Waals surface area contributed by atoms with Gasteiger partial charge in [0.15, 0.2) is 5.96 Å². The summed E-state index contributed by atoms with van der Waals surface area (Å²) in [5.41, 5.74) is 36.8. The van der Waals surface area contributed by atoms with Crippen molar-refractivity contribution in [2.24, 2.45) is 45.1 Å². The largest absolute Gasteiger partial charge is 0.477 e. The lowest BCUT2D eigenvalue weighted by Crippen LogP contribution is -2.60. The van der Waals surface area contributed by atoms with Crippen molar-refractivity contribution in [3.05, 3.63) is 47.2 Å². The molecule has 0 saturated carbocycles. The van der Waals surface area contributed by atoms with Crippen LogP contribution in [0.1, 0.15) is 88.7 Å². The van der Waals surface area contributed by atoms with Crippen LogP contribution >= 0.6 is 0 Å². The summed E-state index contributed by atoms with van der Waals surface area (Å²) in [7, 11) is 0. The molecule has 0 aliphatic carbocycles. The first-order valence-corrected chi connectivity index (χ1v) is 25.2. The molecule has 1 aromatic rings. The Morgan fingerprint density at radius 1 is 0.779 bits per heavy atom. The number of aliphatic carboxylic acids is 1. The second-order valence-corrected chi connectivity index (χ2v) is 18.1. The van der Waals surface area contributed by atoms with Gasteiger partial charge in [0.25, 0.3) is 0 Å². The number of benzene rings is 1. The molecule has 432 valence electrons. The SMILES string of the molecule is C[C@H](NC(=O)[C@@H](NC(=O)C(N)CCCCN)[C@@H](O)CN)C(=O)NCC(=O)N[C@H](CCCN)C(=O)N1CCC[C@H]1C(=O)N[C@@H](Cc1ccccc1C(F)(F)F)C(=O)N[C@@H](CCCCN)C(=O)N/C(=C\CCN=C(N)N)C(=O)O. The lowest BCUT2D eigenvalue weighted by Gasteiger charge is -2.30. The van der Waals surface area contributed by atoms with E-state index in [1.165, 1.54) is 13.0 Å². The number of hydrogen-bond acceptors (Lipinski definition) is 16. The first-order chi connectivity index (χ1) is 36.4. The van der Waals surface area contributed by atoms with Crippen LogP contribution in [0.5, 0.6) is 0 Å². The van der Waals surface area contributed by atoms with E-state index in [1.54, 1.807) is 0 Å². The van der Waals surface area contributed by atoms with Crippen molar-refractivity contribution >= 4 is 59.2 Å². The summed E-state index contributed by atoms with van der Waals surface area (Å²) in [4.78, 5) is 125. The molecule has 1 unspecified atom stereocenters. The van der Waals surface area contributed by atoms with Crippen LogP contribution in [0.4, 0.5) is 13.2 Å². The summed E-state index contributed by atoms with van der Waals surface area (Å²) in [5.74, 6) is -9.24. The minimum atomic E-state index is -4.90. The number of nitrogens with two attached hydrogens (primary N) is 7. The molecular formula is C47H77F3N16O11. The highest BCUT2D eigenvalue weighted by Crippen LogP contribution is 2.32. The molecule has 1 heterocycles. The predicted octanol–water partition coefficient (Wildman–Crippen LogP) is -4.81. The lowest BCUT2D eigenvalue weighted by molar-refractivity contribution is -0.142. The molecule has 1 fully saturated rings. The van der Waals surface area contributed by atoms with Crippen LogP contribution in [-0.2, 0) is 55.7 Å². The lowest BCUT2D eigenvalue weighted by atomic mass is 9.98. The normalized spacial score (nSPS) is 16.3. The molecular weight excluding hydrogens is 1020 g/mol. The van der Waals surface area contributed by atoms with E-state index in [1.807, 2.05) is 0 Å². The highest BCUT2D eigenvalue weighted by molar-refractivity contribution is 5.99. The van der Waals surface area contributed by atoms with Gasteiger partial charge >= 0.3 is 12.1 Å². The van der Waals surface area contributed by atoms with Gasteiger partial charge in [0, 0.05) is 26.1 Å². The first-order valence-electron chi connectivity index (χ1n) is 25.2. The maximum absolute atomic E-state index is 14.3. The average Bonchev–Trinajstić information content (AvgIpc) is 3.88. The zero-order chi connectivity index (χ0) is 57.8. The van der Waals surface area contributed by atoms with Gasteiger partial charge in [-0.05, 0) is 102 Å². The van der Waals surface area contributed by atoms with Gasteiger partial charge in [-0.1, -0.05) is 30.7 Å². The molecule has 1 saturated heterocycles. The Hall–Kier alpha value is -6.99. The van der Waals surface area contributed by atoms with Crippen molar-refractivity contribution in [2.75, 3.05) is 45.8 Å². The summed E-state index contributed by atoms with van der Waals surface area (Å²) in [6.45, 7) is 0.612. The van der Waals surface area contributed by atoms with E-state index in [0.29, 0.717) is 25.8 Å². The molecule has 1 aliphatic rings. The topological polar surface area (TPSA) is 476 Å². The number of hydrogen-bond donors (Lipinski definition) is 16. The maximum Gasteiger partial charge on any atom is 0.416 e. The number of rotatable bonds is 34. The Kier molecular flexibility index (Phi) is 29.1. The van der Waals surface area contributed by atoms with Gasteiger partial charge in [-0.3, -0.25) is 43.3 Å². The van der Waals surface area contributed by atoms with Gasteiger partial charge < -0.3 is 92.5 Å². The van der Waals surface area contributed by atoms with E-state index in [4.69, 9.17) is 40.1 Å². The Balaban J connectivity index is 2.34. The molecule has 27 nitrogen and oxygen atoms in total. The van der Waals surface area contributed by atoms with Gasteiger partial charge in [-0.15, -0.1) is 0 Å². The fourth-order valence-corrected chi connectivity index (χ4v) is 7.91. The van der Waals surface area contributed by atoms with Gasteiger partial charge in [-0.2, -0.15) is 13.2 Å². The van der Waals surface area contributed by atoms with E-state index in [-0.39, 0.29) is 83.5 Å². The van der Waals surface area contributed by atoms with E-state index >= 15 is 0 Å². The Labute approximate surface area is 443 Å². The first kappa shape index (κ1) is 66.1. The molecule has 77 heavy (non-hydrogen) atoms. The molecule has 0 aromatic heterocycles. The van der Waals surface area contributed by atoms with Crippen molar-refractivity contribution in [3.63, 3.8) is 0 Å². The van der Waals surface area contributed by atoms with E-state index in [9.17, 15) is 66.5 Å². The highest BCUT2D eigenvalue weighted by atomic mass is 19.4. The van der Waals surface area contributed by atoms with Gasteiger partial charge in [0.1, 0.15) is 41.9 Å². The molecule has 0 spiro atoms. The standard InChI is InChI=1S/C47H77F3N16O11/c1-26(60-43(74)37(35(67)24-54)65-39(70)29(55)13-4-6-18-51)38(69)59-25-36(68)61-31(15-8-20-53)44(75)66-22-10-17-34(66)42(73)64-33(23-27-11-2-3-12-28(27)47(48,49)50)41(72)62-30(14-5-7-19-52)40(71)63-32(45(76)77)16-9-21-58-46(56)57/h2-3,11-12,16,26,29-31,33-35,37,67H,4-10,13-15,17-25,51-55H2,1H3,(H,59,69)(H,60,74)(H,61,68)(H,62,72)(H,63,71)(H,64,73)(H,65,70)(H,76,77)(H4,56,57,58)/b32-16-/t26-,29?,30-,31+,33-,34-,35-,37-/m0/s1. The quantitative estimate of drug-likeness (QED) is 0.0133. The minimum absolute atomic E-state index is 0.00825. The molecule has 8 amide bonds. The minimum Gasteiger partial charge on any atom is -0.477 e. The second-order valence-electron chi connectivity index (χ2n) is 18.1. The van der Waals surface area contributed by atoms with E-state index in [0.717, 1.165) is 29.2 Å². The molecule has 0 radical (unpaired) electrons. The second kappa shape index (κ2) is 33.9. The van der Waals surface area contributed by atoms with Gasteiger partial charge in [0.05, 0.1) is 24.3 Å². The van der Waals surface area contributed by atoms with E-state index < -0.39 is 144 Å². The number of nitrogens with zero attached hydrogens (tertiary/aromatic N) is 2. The van der Waals surface area contributed by atoms with Crippen LogP contribution < -0.4 is 77.4 Å². The Morgan fingerprint density at radius 3 is 2.03 bits per heavy atom. The summed E-state index contributed by atoms with van der Waals surface area (Å²) in [6, 6.07) is -5.69. The molecule has 1 aliphatic heterocycles. The van der Waals surface area contributed by atoms with Crippen LogP contribution in [0.2, 0.25) is 0 Å². The number of guanidine groups is 1. The third-order valence-corrected chi connectivity index (χ3v) is 12.1. The summed E-state index contributed by atoms with van der Waals surface area (Å²) >= 11 is 0. The summed E-state index contributed by atoms with van der Waals surface area (Å²) < 4.78 is 42.8. The Morgan fingerprint density at radius 2 is 1.42 bits per heavy atom. The number of aliphatic hydroxyl groups is 1. The number of carbonyl (C=O) groups excluding carboxylic acids is 8. The number of aliphatic imine (C=N–C) groups is 1. The number of likely N-dealkylation sites (tertiary alicyclic amines) is 1. The number of unbranched alkanes of at least 4 members (excludes halogenated alkanes) is 2. The van der Waals surface area contributed by atoms with Crippen LogP contribution in [0.3, 0.4) is 0 Å². The van der Waals surface area contributed by atoms with Gasteiger partial charge in [0.2, 0.25) is 47.3 Å². The van der Waals surface area contributed by atoms with Crippen LogP contribution in [-0.4, -0.2) is 169 Å². The van der Waals surface area contributed by atoms with Crippen molar-refractivity contribution < 1.29 is 66.5 Å². The number of nitrogens with one attached hydrogen (secondary N) is 7. The predicted molar refractivity (Wildman–Crippen MR) is 275 cm³/mol. The molecule has 2 rings (SSSR count). The third-order valence-electron chi connectivity index (χ3n) is 12.1. The number of carboxylic acid groups (broad SMARTS) is 1. The van der Waals surface area contributed by atoms with Gasteiger partial charge in [-0.25, -0.2) is 4.79 Å². The Bertz CT molecular complexity index is 2220. The molecule has 23 N–H and O–H groups in total. The molecule has 30 heteroatoms. The van der Waals surface area contributed by atoms with Crippen molar-refractivity contribution in [1.29, 1.82) is 0 Å². The van der Waals surface area contributed by atoms with Crippen LogP contribution in [0, 0.1) is 0 Å². The number of halogens is 3. The smallest absolute Gasteiger partial charge is 0.416 e. The summed E-state index contributed by atoms with van der Waals surface area (Å²) in [5, 5.41) is 36.8. The fourth-order valence-electron chi connectivity index (χ4n) is 7.91. The van der Waals surface area contributed by atoms with Crippen LogP contribution in [0.25, 0.3) is 0 Å². The zero-order valence-electron chi connectivity index (χ0n) is 43.1. The number of alkyl halides is 3. The van der Waals surface area contributed by atoms with Crippen LogP contribution in [0.15, 0.2) is 41.0 Å². The molecule has 0 bridgehead atoms.